The number of nitrogens with two attached hydrogens (primary N) is 1. The molecule has 3 nitrogen and oxygen atoms in total. The molecule has 1 aromatic rings. The molecule has 0 radical (unpaired) electrons. The highest BCUT2D eigenvalue weighted by Gasteiger charge is 2.42. The molecular weight excluding hydrogens is 260 g/mol. The summed E-state index contributed by atoms with van der Waals surface area (Å²) in [5.41, 5.74) is 9.07. The zero-order chi connectivity index (χ0) is 15.2. The highest BCUT2D eigenvalue weighted by molar-refractivity contribution is 5.98. The van der Waals surface area contributed by atoms with E-state index in [1.54, 1.807) is 0 Å². The zero-order valence-electron chi connectivity index (χ0n) is 13.4. The van der Waals surface area contributed by atoms with Crippen LogP contribution in [0.15, 0.2) is 18.2 Å². The minimum Gasteiger partial charge on any atom is -0.399 e. The number of carbonyl (C=O) groups excluding carboxylic acids is 1. The van der Waals surface area contributed by atoms with Crippen molar-refractivity contribution in [3.05, 3.63) is 23.8 Å². The van der Waals surface area contributed by atoms with Gasteiger partial charge in [-0.1, -0.05) is 26.7 Å². The van der Waals surface area contributed by atoms with Crippen LogP contribution in [0.3, 0.4) is 0 Å². The van der Waals surface area contributed by atoms with Gasteiger partial charge in [-0.3, -0.25) is 4.79 Å². The van der Waals surface area contributed by atoms with Crippen LogP contribution in [0.2, 0.25) is 0 Å². The lowest BCUT2D eigenvalue weighted by molar-refractivity contribution is -0.127. The van der Waals surface area contributed by atoms with Crippen molar-refractivity contribution < 1.29 is 4.79 Å². The smallest absolute Gasteiger partial charge is 0.230 e. The number of fused-ring (bicyclic) bond motifs is 1. The molecule has 0 spiro atoms. The van der Waals surface area contributed by atoms with E-state index in [0.29, 0.717) is 5.91 Å². The third kappa shape index (κ3) is 2.43. The molecule has 0 bridgehead atoms. The van der Waals surface area contributed by atoms with Crippen LogP contribution in [0.5, 0.6) is 0 Å². The van der Waals surface area contributed by atoms with Crippen LogP contribution in [-0.4, -0.2) is 11.9 Å². The first-order valence-electron chi connectivity index (χ1n) is 8.11. The molecule has 1 saturated carbocycles. The number of rotatable bonds is 1. The number of hydrogen-bond acceptors (Lipinski definition) is 2. The maximum absolute atomic E-state index is 13.2. The minimum absolute atomic E-state index is 0.117. The Labute approximate surface area is 127 Å². The second kappa shape index (κ2) is 5.04. The third-order valence-corrected chi connectivity index (χ3v) is 5.36. The van der Waals surface area contributed by atoms with Gasteiger partial charge in [0, 0.05) is 23.3 Å². The summed E-state index contributed by atoms with van der Waals surface area (Å²) >= 11 is 0. The van der Waals surface area contributed by atoms with Gasteiger partial charge in [-0.05, 0) is 55.4 Å². The molecule has 2 N–H and O–H groups in total. The van der Waals surface area contributed by atoms with Crippen molar-refractivity contribution >= 4 is 17.3 Å². The van der Waals surface area contributed by atoms with Gasteiger partial charge < -0.3 is 10.6 Å². The standard InChI is InChI=1S/C18H26N2O/c1-12-10-13-11-14(19)7-8-16(13)20(12)17(21)15-6-4-5-9-18(15,2)3/h7-8,11-12,15H,4-6,9-10,19H2,1-3H3. The molecule has 3 heteroatoms. The van der Waals surface area contributed by atoms with Gasteiger partial charge in [0.25, 0.3) is 0 Å². The summed E-state index contributed by atoms with van der Waals surface area (Å²) in [6, 6.07) is 6.18. The van der Waals surface area contributed by atoms with E-state index in [0.717, 1.165) is 30.6 Å². The molecule has 2 atom stereocenters. The number of hydrogen-bond donors (Lipinski definition) is 1. The van der Waals surface area contributed by atoms with Crippen molar-refractivity contribution in [2.75, 3.05) is 10.6 Å². The first-order valence-corrected chi connectivity index (χ1v) is 8.11. The Hall–Kier alpha value is -1.51. The Bertz CT molecular complexity index is 564. The van der Waals surface area contributed by atoms with Crippen LogP contribution in [0, 0.1) is 11.3 Å². The first kappa shape index (κ1) is 14.4. The van der Waals surface area contributed by atoms with E-state index in [-0.39, 0.29) is 17.4 Å². The topological polar surface area (TPSA) is 46.3 Å². The Balaban J connectivity index is 1.92. The van der Waals surface area contributed by atoms with Gasteiger partial charge >= 0.3 is 0 Å². The van der Waals surface area contributed by atoms with Crippen LogP contribution in [-0.2, 0) is 11.2 Å². The van der Waals surface area contributed by atoms with E-state index < -0.39 is 0 Å². The number of carbonyl (C=O) groups is 1. The fourth-order valence-corrected chi connectivity index (χ4v) is 4.11. The summed E-state index contributed by atoms with van der Waals surface area (Å²) in [5, 5.41) is 0. The molecule has 21 heavy (non-hydrogen) atoms. The molecule has 1 aromatic carbocycles. The van der Waals surface area contributed by atoms with Gasteiger partial charge in [0.2, 0.25) is 5.91 Å². The molecule has 2 unspecified atom stereocenters. The van der Waals surface area contributed by atoms with E-state index >= 15 is 0 Å². The maximum Gasteiger partial charge on any atom is 0.230 e. The lowest BCUT2D eigenvalue weighted by Gasteiger charge is -2.40. The van der Waals surface area contributed by atoms with Gasteiger partial charge in [-0.2, -0.15) is 0 Å². The van der Waals surface area contributed by atoms with Crippen molar-refractivity contribution in [1.82, 2.24) is 0 Å². The lowest BCUT2D eigenvalue weighted by Crippen LogP contribution is -2.46. The van der Waals surface area contributed by atoms with Gasteiger partial charge in [0.15, 0.2) is 0 Å². The number of nitrogens with zero attached hydrogens (tertiary/aromatic N) is 1. The normalized spacial score (nSPS) is 27.5. The molecule has 1 aliphatic heterocycles. The van der Waals surface area contributed by atoms with Crippen molar-refractivity contribution in [2.24, 2.45) is 11.3 Å². The second-order valence-electron chi connectivity index (χ2n) is 7.44. The van der Waals surface area contributed by atoms with E-state index in [9.17, 15) is 4.79 Å². The Morgan fingerprint density at radius 1 is 1.33 bits per heavy atom. The van der Waals surface area contributed by atoms with Gasteiger partial charge in [-0.25, -0.2) is 0 Å². The van der Waals surface area contributed by atoms with E-state index in [2.05, 4.69) is 20.8 Å². The Kier molecular flexibility index (Phi) is 3.46. The molecule has 114 valence electrons. The van der Waals surface area contributed by atoms with Crippen molar-refractivity contribution in [3.63, 3.8) is 0 Å². The fraction of sp³-hybridized carbons (Fsp3) is 0.611. The van der Waals surface area contributed by atoms with Crippen molar-refractivity contribution in [3.8, 4) is 0 Å². The quantitative estimate of drug-likeness (QED) is 0.799. The molecule has 0 aromatic heterocycles. The van der Waals surface area contributed by atoms with E-state index in [1.807, 2.05) is 23.1 Å². The predicted octanol–water partition coefficient (Wildman–Crippen LogP) is 3.76. The van der Waals surface area contributed by atoms with Gasteiger partial charge in [0.05, 0.1) is 0 Å². The molecule has 1 amide bonds. The SMILES string of the molecule is CC1Cc2cc(N)ccc2N1C(=O)C1CCCCC1(C)C. The van der Waals surface area contributed by atoms with Gasteiger partial charge in [-0.15, -0.1) is 0 Å². The van der Waals surface area contributed by atoms with Gasteiger partial charge in [0.1, 0.15) is 0 Å². The lowest BCUT2D eigenvalue weighted by atomic mass is 9.68. The van der Waals surface area contributed by atoms with Crippen LogP contribution in [0.25, 0.3) is 0 Å². The highest BCUT2D eigenvalue weighted by atomic mass is 16.2. The summed E-state index contributed by atoms with van der Waals surface area (Å²) in [6.07, 6.45) is 5.52. The van der Waals surface area contributed by atoms with E-state index in [4.69, 9.17) is 5.73 Å². The number of amides is 1. The summed E-state index contributed by atoms with van der Waals surface area (Å²) < 4.78 is 0. The van der Waals surface area contributed by atoms with Crippen molar-refractivity contribution in [2.45, 2.75) is 58.9 Å². The Morgan fingerprint density at radius 3 is 2.81 bits per heavy atom. The number of nitrogen functional groups attached to an aromatic ring is 1. The number of anilines is 2. The summed E-state index contributed by atoms with van der Waals surface area (Å²) in [7, 11) is 0. The van der Waals surface area contributed by atoms with Crippen LogP contribution >= 0.6 is 0 Å². The molecular formula is C18H26N2O. The second-order valence-corrected chi connectivity index (χ2v) is 7.44. The molecule has 3 rings (SSSR count). The van der Waals surface area contributed by atoms with E-state index in [1.165, 1.54) is 18.4 Å². The average Bonchev–Trinajstić information content (AvgIpc) is 2.72. The molecule has 1 heterocycles. The van der Waals surface area contributed by atoms with Crippen LogP contribution in [0.4, 0.5) is 11.4 Å². The summed E-state index contributed by atoms with van der Waals surface area (Å²) in [5.74, 6) is 0.466. The summed E-state index contributed by atoms with van der Waals surface area (Å²) in [6.45, 7) is 6.64. The Morgan fingerprint density at radius 2 is 2.10 bits per heavy atom. The minimum atomic E-state index is 0.117. The maximum atomic E-state index is 13.2. The molecule has 1 fully saturated rings. The highest BCUT2D eigenvalue weighted by Crippen LogP contribution is 2.44. The third-order valence-electron chi connectivity index (χ3n) is 5.36. The average molecular weight is 286 g/mol. The molecule has 0 saturated heterocycles. The fourth-order valence-electron chi connectivity index (χ4n) is 4.11. The van der Waals surface area contributed by atoms with Crippen molar-refractivity contribution in [1.29, 1.82) is 0 Å². The van der Waals surface area contributed by atoms with Crippen LogP contribution in [0.1, 0.15) is 52.0 Å². The predicted molar refractivity (Wildman–Crippen MR) is 87.2 cm³/mol. The summed E-state index contributed by atoms with van der Waals surface area (Å²) in [4.78, 5) is 15.2. The first-order chi connectivity index (χ1) is 9.90. The monoisotopic (exact) mass is 286 g/mol. The van der Waals surface area contributed by atoms with Crippen LogP contribution < -0.4 is 10.6 Å². The number of benzene rings is 1. The largest absolute Gasteiger partial charge is 0.399 e. The zero-order valence-corrected chi connectivity index (χ0v) is 13.4. The molecule has 1 aliphatic carbocycles. The molecule has 2 aliphatic rings.